The number of hydrogen-bond acceptors (Lipinski definition) is 1. The summed E-state index contributed by atoms with van der Waals surface area (Å²) in [6.45, 7) is 8.27. The Balaban J connectivity index is 2.23. The number of para-hydroxylation sites is 1. The molecule has 2 atom stereocenters. The lowest BCUT2D eigenvalue weighted by Crippen LogP contribution is -2.57. The highest BCUT2D eigenvalue weighted by atomic mass is 35.5. The maximum atomic E-state index is 12.8. The lowest BCUT2D eigenvalue weighted by Gasteiger charge is -2.51. The Bertz CT molecular complexity index is 753. The topological polar surface area (TPSA) is 20.3 Å². The summed E-state index contributed by atoms with van der Waals surface area (Å²) in [6.07, 6.45) is 0.844. The smallest absolute Gasteiger partial charge is 0.245 e. The highest BCUT2D eigenvalue weighted by Crippen LogP contribution is 2.50. The van der Waals surface area contributed by atoms with Crippen LogP contribution in [0.1, 0.15) is 45.2 Å². The lowest BCUT2D eigenvalue weighted by atomic mass is 9.65. The molecule has 0 saturated heterocycles. The quantitative estimate of drug-likeness (QED) is 0.693. The van der Waals surface area contributed by atoms with Crippen LogP contribution in [0.25, 0.3) is 0 Å². The molecule has 126 valence electrons. The molecule has 0 aliphatic carbocycles. The van der Waals surface area contributed by atoms with Crippen LogP contribution in [-0.2, 0) is 10.2 Å². The van der Waals surface area contributed by atoms with Crippen LogP contribution in [0, 0.1) is 0 Å². The number of carbonyl (C=O) groups excluding carboxylic acids is 1. The molecule has 0 radical (unpaired) electrons. The average Bonchev–Trinajstić information content (AvgIpc) is 2.54. The van der Waals surface area contributed by atoms with E-state index in [1.54, 1.807) is 6.92 Å². The Kier molecular flexibility index (Phi) is 4.21. The van der Waals surface area contributed by atoms with Crippen LogP contribution in [-0.4, -0.2) is 16.8 Å². The first kappa shape index (κ1) is 17.0. The molecule has 1 aliphatic heterocycles. The molecule has 0 aromatic heterocycles. The van der Waals surface area contributed by atoms with Gasteiger partial charge >= 0.3 is 0 Å². The fourth-order valence-electron chi connectivity index (χ4n) is 4.16. The predicted octanol–water partition coefficient (Wildman–Crippen LogP) is 5.14. The van der Waals surface area contributed by atoms with Gasteiger partial charge in [0.2, 0.25) is 5.91 Å². The number of amides is 1. The monoisotopic (exact) mass is 341 g/mol. The zero-order valence-electron chi connectivity index (χ0n) is 14.7. The number of fused-ring (bicyclic) bond motifs is 1. The highest BCUT2D eigenvalue weighted by molar-refractivity contribution is 6.32. The van der Waals surface area contributed by atoms with E-state index in [1.807, 2.05) is 29.2 Å². The molecule has 1 amide bonds. The van der Waals surface area contributed by atoms with Crippen molar-refractivity contribution in [2.75, 3.05) is 4.90 Å². The Morgan fingerprint density at radius 3 is 2.25 bits per heavy atom. The molecule has 0 spiro atoms. The molecule has 1 heterocycles. The summed E-state index contributed by atoms with van der Waals surface area (Å²) in [5.41, 5.74) is 2.96. The summed E-state index contributed by atoms with van der Waals surface area (Å²) in [4.78, 5) is 14.7. The number of anilines is 1. The number of nitrogens with zero attached hydrogens (tertiary/aromatic N) is 1. The third-order valence-corrected chi connectivity index (χ3v) is 5.29. The molecule has 3 rings (SSSR count). The van der Waals surface area contributed by atoms with Crippen LogP contribution in [0.3, 0.4) is 0 Å². The Morgan fingerprint density at radius 1 is 1.04 bits per heavy atom. The van der Waals surface area contributed by atoms with Gasteiger partial charge in [-0.25, -0.2) is 0 Å². The van der Waals surface area contributed by atoms with Gasteiger partial charge in [0.1, 0.15) is 5.38 Å². The third kappa shape index (κ3) is 2.63. The van der Waals surface area contributed by atoms with Crippen LogP contribution in [0.4, 0.5) is 5.69 Å². The van der Waals surface area contributed by atoms with E-state index >= 15 is 0 Å². The van der Waals surface area contributed by atoms with E-state index in [9.17, 15) is 4.79 Å². The Labute approximate surface area is 149 Å². The van der Waals surface area contributed by atoms with Crippen LogP contribution in [0.2, 0.25) is 0 Å². The van der Waals surface area contributed by atoms with Gasteiger partial charge in [0, 0.05) is 16.6 Å². The number of rotatable bonds is 2. The van der Waals surface area contributed by atoms with Gasteiger partial charge in [-0.15, -0.1) is 11.6 Å². The Morgan fingerprint density at radius 2 is 1.62 bits per heavy atom. The summed E-state index contributed by atoms with van der Waals surface area (Å²) >= 11 is 6.15. The number of carbonyl (C=O) groups is 1. The van der Waals surface area contributed by atoms with Gasteiger partial charge in [0.25, 0.3) is 0 Å². The molecular weight excluding hydrogens is 318 g/mol. The first-order valence-electron chi connectivity index (χ1n) is 8.40. The maximum absolute atomic E-state index is 12.8. The van der Waals surface area contributed by atoms with Crippen molar-refractivity contribution in [2.45, 2.75) is 50.4 Å². The second-order valence-electron chi connectivity index (χ2n) is 7.49. The molecule has 3 heteroatoms. The van der Waals surface area contributed by atoms with Gasteiger partial charge in [-0.05, 0) is 44.4 Å². The van der Waals surface area contributed by atoms with Crippen molar-refractivity contribution in [2.24, 2.45) is 0 Å². The van der Waals surface area contributed by atoms with E-state index in [-0.39, 0.29) is 16.9 Å². The van der Waals surface area contributed by atoms with Crippen molar-refractivity contribution in [1.82, 2.24) is 0 Å². The van der Waals surface area contributed by atoms with Crippen LogP contribution in [0.5, 0.6) is 0 Å². The van der Waals surface area contributed by atoms with E-state index in [0.717, 1.165) is 12.1 Å². The first-order chi connectivity index (χ1) is 11.3. The van der Waals surface area contributed by atoms with Crippen molar-refractivity contribution in [3.8, 4) is 0 Å². The van der Waals surface area contributed by atoms with Crippen molar-refractivity contribution in [1.29, 1.82) is 0 Å². The van der Waals surface area contributed by atoms with E-state index < -0.39 is 5.38 Å². The lowest BCUT2D eigenvalue weighted by molar-refractivity contribution is -0.119. The first-order valence-corrected chi connectivity index (χ1v) is 8.84. The second-order valence-corrected chi connectivity index (χ2v) is 8.15. The predicted molar refractivity (Wildman–Crippen MR) is 101 cm³/mol. The van der Waals surface area contributed by atoms with Crippen LogP contribution in [0.15, 0.2) is 54.6 Å². The van der Waals surface area contributed by atoms with Crippen molar-refractivity contribution < 1.29 is 4.79 Å². The molecular formula is C21H24ClNO. The van der Waals surface area contributed by atoms with E-state index in [4.69, 9.17) is 11.6 Å². The standard InChI is InChI=1S/C21H24ClNO/c1-15(22)19(24)23-18-13-9-8-12-17(18)21(4,14-20(23,2)3)16-10-6-5-7-11-16/h5-13,15H,14H2,1-4H3/t15-,21+/m0/s1. The van der Waals surface area contributed by atoms with E-state index in [2.05, 4.69) is 51.1 Å². The summed E-state index contributed by atoms with van der Waals surface area (Å²) in [7, 11) is 0. The number of alkyl halides is 1. The SMILES string of the molecule is C[C@H](Cl)C(=O)N1c2ccccc2[C@@](C)(c2ccccc2)CC1(C)C. The van der Waals surface area contributed by atoms with Crippen LogP contribution < -0.4 is 4.90 Å². The second kappa shape index (κ2) is 5.93. The molecule has 0 bridgehead atoms. The van der Waals surface area contributed by atoms with E-state index in [0.29, 0.717) is 0 Å². The minimum Gasteiger partial charge on any atom is -0.305 e. The van der Waals surface area contributed by atoms with Gasteiger partial charge in [-0.1, -0.05) is 55.5 Å². The number of halogens is 1. The molecule has 0 saturated carbocycles. The highest BCUT2D eigenvalue weighted by Gasteiger charge is 2.48. The number of benzene rings is 2. The van der Waals surface area contributed by atoms with Gasteiger partial charge in [0.15, 0.2) is 0 Å². The minimum atomic E-state index is -0.543. The third-order valence-electron chi connectivity index (χ3n) is 5.10. The molecule has 2 aromatic rings. The molecule has 1 aliphatic rings. The zero-order valence-corrected chi connectivity index (χ0v) is 15.5. The summed E-state index contributed by atoms with van der Waals surface area (Å²) in [5, 5.41) is -0.543. The largest absolute Gasteiger partial charge is 0.305 e. The molecule has 0 N–H and O–H groups in total. The molecule has 2 aromatic carbocycles. The summed E-state index contributed by atoms with van der Waals surface area (Å²) < 4.78 is 0. The summed E-state index contributed by atoms with van der Waals surface area (Å²) in [6, 6.07) is 18.8. The van der Waals surface area contributed by atoms with Crippen molar-refractivity contribution >= 4 is 23.2 Å². The van der Waals surface area contributed by atoms with Gasteiger partial charge in [-0.3, -0.25) is 4.79 Å². The zero-order chi connectivity index (χ0) is 17.5. The average molecular weight is 342 g/mol. The van der Waals surface area contributed by atoms with Gasteiger partial charge in [-0.2, -0.15) is 0 Å². The summed E-state index contributed by atoms with van der Waals surface area (Å²) in [5.74, 6) is -0.0378. The maximum Gasteiger partial charge on any atom is 0.245 e. The van der Waals surface area contributed by atoms with Crippen molar-refractivity contribution in [3.05, 3.63) is 65.7 Å². The normalized spacial score (nSPS) is 23.5. The fraction of sp³-hybridized carbons (Fsp3) is 0.381. The molecule has 0 unspecified atom stereocenters. The van der Waals surface area contributed by atoms with Gasteiger partial charge in [0.05, 0.1) is 0 Å². The molecule has 2 nitrogen and oxygen atoms in total. The molecule has 24 heavy (non-hydrogen) atoms. The Hall–Kier alpha value is -1.80. The fourth-order valence-corrected chi connectivity index (χ4v) is 4.26. The van der Waals surface area contributed by atoms with Gasteiger partial charge < -0.3 is 4.90 Å². The van der Waals surface area contributed by atoms with Crippen molar-refractivity contribution in [3.63, 3.8) is 0 Å². The van der Waals surface area contributed by atoms with E-state index in [1.165, 1.54) is 11.1 Å². The number of hydrogen-bond donors (Lipinski definition) is 0. The molecule has 0 fully saturated rings. The van der Waals surface area contributed by atoms with Crippen LogP contribution >= 0.6 is 11.6 Å². The minimum absolute atomic E-state index is 0.0378.